The van der Waals surface area contributed by atoms with E-state index in [0.717, 1.165) is 55.7 Å². The summed E-state index contributed by atoms with van der Waals surface area (Å²) >= 11 is 0. The van der Waals surface area contributed by atoms with Gasteiger partial charge in [0.25, 0.3) is 0 Å². The molecule has 0 spiro atoms. The molecule has 268 valence electrons. The standard InChI is InChI=1S/C54H36N2O/c1-3-18-42(19-4-1)55-50-26-9-7-22-44(50)40-17-12-16-38(33-40)36-14-11-15-37(32-36)39-28-30-51-48(34-39)49-35-41(29-31-52(49)56(51)43-20-5-2-6-21-43)45-24-13-25-47-46-23-8-10-27-53(46)57-54(45)47/h1-35,55H. The van der Waals surface area contributed by atoms with Crippen molar-refractivity contribution in [3.63, 3.8) is 0 Å². The molecule has 0 radical (unpaired) electrons. The predicted octanol–water partition coefficient (Wildman–Crippen LogP) is 15.1. The Bertz CT molecular complexity index is 3260. The van der Waals surface area contributed by atoms with Gasteiger partial charge in [0, 0.05) is 49.7 Å². The lowest BCUT2D eigenvalue weighted by Gasteiger charge is -2.14. The number of para-hydroxylation sites is 5. The number of hydrogen-bond acceptors (Lipinski definition) is 2. The fourth-order valence-electron chi connectivity index (χ4n) is 8.47. The molecule has 0 aliphatic rings. The average Bonchev–Trinajstić information content (AvgIpc) is 3.83. The number of fused-ring (bicyclic) bond motifs is 6. The highest BCUT2D eigenvalue weighted by Gasteiger charge is 2.17. The summed E-state index contributed by atoms with van der Waals surface area (Å²) in [6.07, 6.45) is 0. The van der Waals surface area contributed by atoms with Crippen LogP contribution in [0.2, 0.25) is 0 Å². The molecule has 0 aliphatic carbocycles. The van der Waals surface area contributed by atoms with Gasteiger partial charge in [-0.3, -0.25) is 0 Å². The number of anilines is 2. The maximum Gasteiger partial charge on any atom is 0.143 e. The maximum atomic E-state index is 6.49. The second kappa shape index (κ2) is 13.6. The number of benzene rings is 9. The summed E-state index contributed by atoms with van der Waals surface area (Å²) in [4.78, 5) is 0. The van der Waals surface area contributed by atoms with E-state index in [2.05, 4.69) is 204 Å². The van der Waals surface area contributed by atoms with Crippen LogP contribution in [0.15, 0.2) is 217 Å². The van der Waals surface area contributed by atoms with E-state index in [-0.39, 0.29) is 0 Å². The first-order valence-corrected chi connectivity index (χ1v) is 19.4. The molecule has 0 aliphatic heterocycles. The smallest absolute Gasteiger partial charge is 0.143 e. The zero-order valence-electron chi connectivity index (χ0n) is 31.1. The molecule has 0 atom stereocenters. The van der Waals surface area contributed by atoms with Gasteiger partial charge >= 0.3 is 0 Å². The van der Waals surface area contributed by atoms with Crippen molar-refractivity contribution in [2.75, 3.05) is 5.32 Å². The van der Waals surface area contributed by atoms with Crippen LogP contribution in [0.5, 0.6) is 0 Å². The molecule has 1 N–H and O–H groups in total. The quantitative estimate of drug-likeness (QED) is 0.177. The van der Waals surface area contributed by atoms with Crippen molar-refractivity contribution < 1.29 is 4.42 Å². The lowest BCUT2D eigenvalue weighted by atomic mass is 9.95. The molecule has 2 aromatic heterocycles. The Kier molecular flexibility index (Phi) is 7.82. The fourth-order valence-corrected chi connectivity index (χ4v) is 8.47. The first kappa shape index (κ1) is 32.8. The monoisotopic (exact) mass is 728 g/mol. The molecule has 3 heteroatoms. The van der Waals surface area contributed by atoms with E-state index in [1.165, 1.54) is 49.6 Å². The molecule has 11 rings (SSSR count). The SMILES string of the molecule is c1ccc(Nc2ccccc2-c2cccc(-c3cccc(-c4ccc5c(c4)c4cc(-c6cccc7c6oc6ccccc67)ccc4n5-c4ccccc4)c3)c2)cc1. The topological polar surface area (TPSA) is 30.1 Å². The van der Waals surface area contributed by atoms with Crippen LogP contribution in [0.3, 0.4) is 0 Å². The van der Waals surface area contributed by atoms with Crippen LogP contribution in [0.4, 0.5) is 11.4 Å². The first-order chi connectivity index (χ1) is 28.2. The average molecular weight is 729 g/mol. The third kappa shape index (κ3) is 5.76. The largest absolute Gasteiger partial charge is 0.455 e. The molecule has 11 aromatic rings. The van der Waals surface area contributed by atoms with E-state index in [0.29, 0.717) is 0 Å². The number of nitrogens with zero attached hydrogens (tertiary/aromatic N) is 1. The number of nitrogens with one attached hydrogen (secondary N) is 1. The number of aromatic nitrogens is 1. The van der Waals surface area contributed by atoms with Crippen LogP contribution < -0.4 is 5.32 Å². The molecule has 0 amide bonds. The summed E-state index contributed by atoms with van der Waals surface area (Å²) in [7, 11) is 0. The van der Waals surface area contributed by atoms with Crippen molar-refractivity contribution in [3.05, 3.63) is 212 Å². The van der Waals surface area contributed by atoms with Crippen LogP contribution in [0, 0.1) is 0 Å². The van der Waals surface area contributed by atoms with Crippen molar-refractivity contribution in [2.24, 2.45) is 0 Å². The predicted molar refractivity (Wildman–Crippen MR) is 240 cm³/mol. The zero-order chi connectivity index (χ0) is 37.7. The van der Waals surface area contributed by atoms with Crippen LogP contribution >= 0.6 is 0 Å². The van der Waals surface area contributed by atoms with Crippen molar-refractivity contribution in [1.82, 2.24) is 4.57 Å². The van der Waals surface area contributed by atoms with E-state index in [4.69, 9.17) is 4.42 Å². The third-order valence-corrected chi connectivity index (χ3v) is 11.2. The van der Waals surface area contributed by atoms with E-state index in [1.807, 2.05) is 18.2 Å². The van der Waals surface area contributed by atoms with Crippen LogP contribution in [0.25, 0.3) is 93.9 Å². The lowest BCUT2D eigenvalue weighted by Crippen LogP contribution is -1.93. The van der Waals surface area contributed by atoms with E-state index < -0.39 is 0 Å². The molecule has 3 nitrogen and oxygen atoms in total. The summed E-state index contributed by atoms with van der Waals surface area (Å²) in [6.45, 7) is 0. The Morgan fingerprint density at radius 2 is 0.877 bits per heavy atom. The second-order valence-electron chi connectivity index (χ2n) is 14.6. The zero-order valence-corrected chi connectivity index (χ0v) is 31.1. The molecule has 0 unspecified atom stereocenters. The molecule has 0 saturated carbocycles. The number of rotatable bonds is 7. The summed E-state index contributed by atoms with van der Waals surface area (Å²) < 4.78 is 8.87. The van der Waals surface area contributed by atoms with Gasteiger partial charge in [-0.15, -0.1) is 0 Å². The molecule has 2 heterocycles. The van der Waals surface area contributed by atoms with E-state index >= 15 is 0 Å². The van der Waals surface area contributed by atoms with Crippen LogP contribution in [-0.4, -0.2) is 4.57 Å². The van der Waals surface area contributed by atoms with Crippen molar-refractivity contribution in [1.29, 1.82) is 0 Å². The van der Waals surface area contributed by atoms with Gasteiger partial charge in [0.1, 0.15) is 11.2 Å². The van der Waals surface area contributed by atoms with Gasteiger partial charge in [0.05, 0.1) is 11.0 Å². The van der Waals surface area contributed by atoms with Crippen LogP contribution in [-0.2, 0) is 0 Å². The normalized spacial score (nSPS) is 11.5. The fraction of sp³-hybridized carbons (Fsp3) is 0. The molecular formula is C54H36N2O. The third-order valence-electron chi connectivity index (χ3n) is 11.2. The Morgan fingerprint density at radius 3 is 1.65 bits per heavy atom. The minimum atomic E-state index is 0.908. The second-order valence-corrected chi connectivity index (χ2v) is 14.6. The van der Waals surface area contributed by atoms with Crippen molar-refractivity contribution in [2.45, 2.75) is 0 Å². The lowest BCUT2D eigenvalue weighted by molar-refractivity contribution is 0.670. The van der Waals surface area contributed by atoms with Gasteiger partial charge in [-0.1, -0.05) is 140 Å². The molecular weight excluding hydrogens is 693 g/mol. The summed E-state index contributed by atoms with van der Waals surface area (Å²) in [6, 6.07) is 75.8. The van der Waals surface area contributed by atoms with E-state index in [9.17, 15) is 0 Å². The van der Waals surface area contributed by atoms with Crippen molar-refractivity contribution >= 4 is 55.1 Å². The Labute approximate surface area is 330 Å². The minimum absolute atomic E-state index is 0.908. The Hall–Kier alpha value is -7.62. The number of furan rings is 1. The maximum absolute atomic E-state index is 6.49. The highest BCUT2D eigenvalue weighted by atomic mass is 16.3. The van der Waals surface area contributed by atoms with Crippen LogP contribution in [0.1, 0.15) is 0 Å². The summed E-state index contributed by atoms with van der Waals surface area (Å²) in [5, 5.41) is 8.30. The Balaban J connectivity index is 1.02. The summed E-state index contributed by atoms with van der Waals surface area (Å²) in [5.74, 6) is 0. The van der Waals surface area contributed by atoms with Gasteiger partial charge < -0.3 is 14.3 Å². The molecule has 9 aromatic carbocycles. The first-order valence-electron chi connectivity index (χ1n) is 19.4. The van der Waals surface area contributed by atoms with Gasteiger partial charge in [-0.25, -0.2) is 0 Å². The summed E-state index contributed by atoms with van der Waals surface area (Å²) in [5.41, 5.74) is 16.7. The molecule has 0 bridgehead atoms. The van der Waals surface area contributed by atoms with Crippen molar-refractivity contribution in [3.8, 4) is 50.2 Å². The highest BCUT2D eigenvalue weighted by molar-refractivity contribution is 6.14. The molecule has 0 fully saturated rings. The minimum Gasteiger partial charge on any atom is -0.455 e. The van der Waals surface area contributed by atoms with Gasteiger partial charge in [0.2, 0.25) is 0 Å². The molecule has 57 heavy (non-hydrogen) atoms. The Morgan fingerprint density at radius 1 is 0.351 bits per heavy atom. The molecule has 0 saturated heterocycles. The highest BCUT2D eigenvalue weighted by Crippen LogP contribution is 2.41. The van der Waals surface area contributed by atoms with Gasteiger partial charge in [-0.05, 0) is 106 Å². The van der Waals surface area contributed by atoms with E-state index in [1.54, 1.807) is 0 Å². The van der Waals surface area contributed by atoms with Gasteiger partial charge in [0.15, 0.2) is 0 Å². The van der Waals surface area contributed by atoms with Gasteiger partial charge in [-0.2, -0.15) is 0 Å². The number of hydrogen-bond donors (Lipinski definition) is 1.